The Hall–Kier alpha value is 1.16. The standard InChI is InChI=1S/C3H3Cl4/c4-2(5)1-3(6)7/h2H,1H2. The first kappa shape index (κ1) is 8.16. The summed E-state index contributed by atoms with van der Waals surface area (Å²) in [4.78, 5) is -0.264. The Morgan fingerprint density at radius 1 is 1.29 bits per heavy atom. The molecule has 0 nitrogen and oxygen atoms in total. The Bertz CT molecular complexity index is 36.2. The van der Waals surface area contributed by atoms with Gasteiger partial charge in [0.1, 0.15) is 4.84 Å². The fourth-order valence-electron chi connectivity index (χ4n) is 0.117. The van der Waals surface area contributed by atoms with Crippen molar-refractivity contribution >= 4 is 46.4 Å². The lowest BCUT2D eigenvalue weighted by Crippen LogP contribution is -1.86. The molecule has 7 heavy (non-hydrogen) atoms. The highest BCUT2D eigenvalue weighted by molar-refractivity contribution is 6.54. The molecule has 0 fully saturated rings. The summed E-state index contributed by atoms with van der Waals surface area (Å²) in [5.74, 6) is 0. The van der Waals surface area contributed by atoms with Crippen molar-refractivity contribution < 1.29 is 0 Å². The second kappa shape index (κ2) is 4.08. The third-order valence-electron chi connectivity index (χ3n) is 0.309. The molecule has 0 heterocycles. The molecule has 0 amide bonds. The molecule has 0 aromatic carbocycles. The average Bonchev–Trinajstić information content (AvgIpc) is 1.27. The van der Waals surface area contributed by atoms with Crippen LogP contribution in [-0.4, -0.2) is 4.84 Å². The fourth-order valence-corrected chi connectivity index (χ4v) is 1.05. The van der Waals surface area contributed by atoms with Gasteiger partial charge in [-0.05, 0) is 0 Å². The van der Waals surface area contributed by atoms with E-state index in [-0.39, 0.29) is 4.84 Å². The third-order valence-corrected chi connectivity index (χ3v) is 0.926. The van der Waals surface area contributed by atoms with Crippen LogP contribution >= 0.6 is 46.4 Å². The largest absolute Gasteiger partial charge is 0.153 e. The lowest BCUT2D eigenvalue weighted by molar-refractivity contribution is 1.10. The number of rotatable bonds is 2. The van der Waals surface area contributed by atoms with Crippen LogP contribution < -0.4 is 0 Å². The van der Waals surface area contributed by atoms with Gasteiger partial charge in [0.25, 0.3) is 0 Å². The highest BCUT2D eigenvalue weighted by Crippen LogP contribution is 2.23. The Morgan fingerprint density at radius 2 is 1.71 bits per heavy atom. The van der Waals surface area contributed by atoms with E-state index in [1.807, 2.05) is 0 Å². The van der Waals surface area contributed by atoms with Gasteiger partial charge in [0, 0.05) is 6.42 Å². The molecule has 0 bridgehead atoms. The summed E-state index contributed by atoms with van der Waals surface area (Å²) < 4.78 is 0. The minimum atomic E-state index is -0.481. The Morgan fingerprint density at radius 3 is 1.71 bits per heavy atom. The summed E-state index contributed by atoms with van der Waals surface area (Å²) in [7, 11) is 0. The van der Waals surface area contributed by atoms with Crippen LogP contribution in [0.4, 0.5) is 0 Å². The van der Waals surface area contributed by atoms with Gasteiger partial charge in [0.2, 0.25) is 0 Å². The summed E-state index contributed by atoms with van der Waals surface area (Å²) in [6.07, 6.45) is 0.340. The molecule has 0 rings (SSSR count). The summed E-state index contributed by atoms with van der Waals surface area (Å²) in [5.41, 5.74) is 0. The van der Waals surface area contributed by atoms with Crippen molar-refractivity contribution in [2.24, 2.45) is 0 Å². The lowest BCUT2D eigenvalue weighted by Gasteiger charge is -1.96. The van der Waals surface area contributed by atoms with Crippen LogP contribution in [0.5, 0.6) is 0 Å². The van der Waals surface area contributed by atoms with Crippen molar-refractivity contribution in [3.8, 4) is 0 Å². The quantitative estimate of drug-likeness (QED) is 0.573. The van der Waals surface area contributed by atoms with Crippen molar-refractivity contribution in [2.45, 2.75) is 11.3 Å². The predicted octanol–water partition coefficient (Wildman–Crippen LogP) is 3.15. The van der Waals surface area contributed by atoms with Crippen molar-refractivity contribution in [1.82, 2.24) is 0 Å². The predicted molar refractivity (Wildman–Crippen MR) is 35.1 cm³/mol. The van der Waals surface area contributed by atoms with Crippen LogP contribution in [0.25, 0.3) is 0 Å². The van der Waals surface area contributed by atoms with E-state index in [0.29, 0.717) is 6.42 Å². The molecule has 0 aliphatic rings. The van der Waals surface area contributed by atoms with Gasteiger partial charge >= 0.3 is 0 Å². The summed E-state index contributed by atoms with van der Waals surface area (Å²) in [5, 5.41) is 0. The van der Waals surface area contributed by atoms with E-state index < -0.39 is 4.84 Å². The smallest absolute Gasteiger partial charge is 0.105 e. The van der Waals surface area contributed by atoms with Gasteiger partial charge in [-0.25, -0.2) is 0 Å². The minimum Gasteiger partial charge on any atom is -0.105 e. The third kappa shape index (κ3) is 7.16. The maximum atomic E-state index is 5.25. The van der Waals surface area contributed by atoms with Crippen LogP contribution in [0.1, 0.15) is 6.42 Å². The Balaban J connectivity index is 2.95. The zero-order chi connectivity index (χ0) is 5.86. The molecule has 0 aromatic rings. The monoisotopic (exact) mass is 179 g/mol. The van der Waals surface area contributed by atoms with Crippen molar-refractivity contribution in [2.75, 3.05) is 0 Å². The van der Waals surface area contributed by atoms with E-state index in [9.17, 15) is 0 Å². The summed E-state index contributed by atoms with van der Waals surface area (Å²) in [6, 6.07) is 0. The van der Waals surface area contributed by atoms with E-state index in [4.69, 9.17) is 46.4 Å². The second-order valence-corrected chi connectivity index (χ2v) is 3.32. The minimum absolute atomic E-state index is 0.218. The van der Waals surface area contributed by atoms with Gasteiger partial charge in [-0.15, -0.1) is 23.2 Å². The summed E-state index contributed by atoms with van der Waals surface area (Å²) in [6.45, 7) is 0. The number of hydrogen-bond donors (Lipinski definition) is 0. The van der Waals surface area contributed by atoms with Crippen LogP contribution in [0, 0.1) is 4.84 Å². The molecule has 0 aliphatic carbocycles. The number of hydrogen-bond acceptors (Lipinski definition) is 0. The van der Waals surface area contributed by atoms with Gasteiger partial charge in [-0.2, -0.15) is 0 Å². The second-order valence-electron chi connectivity index (χ2n) is 0.934. The first-order valence-corrected chi connectivity index (χ1v) is 3.21. The Labute approximate surface area is 62.7 Å². The number of halogens is 4. The van der Waals surface area contributed by atoms with Crippen LogP contribution in [0.15, 0.2) is 0 Å². The normalized spacial score (nSPS) is 11.1. The molecule has 0 N–H and O–H groups in total. The first-order chi connectivity index (χ1) is 3.13. The highest BCUT2D eigenvalue weighted by Gasteiger charge is 2.05. The molecule has 0 spiro atoms. The fraction of sp³-hybridized carbons (Fsp3) is 0.667. The van der Waals surface area contributed by atoms with Gasteiger partial charge in [0.05, 0.1) is 0 Å². The first-order valence-electron chi connectivity index (χ1n) is 1.58. The molecule has 0 aromatic heterocycles. The highest BCUT2D eigenvalue weighted by atomic mass is 35.5. The molecule has 0 aliphatic heterocycles. The average molecular weight is 181 g/mol. The molecule has 43 valence electrons. The van der Waals surface area contributed by atoms with Crippen LogP contribution in [0.3, 0.4) is 0 Å². The zero-order valence-electron chi connectivity index (χ0n) is 3.30. The molecular weight excluding hydrogens is 178 g/mol. The molecule has 1 radical (unpaired) electrons. The van der Waals surface area contributed by atoms with Crippen LogP contribution in [0.2, 0.25) is 0 Å². The van der Waals surface area contributed by atoms with Crippen LogP contribution in [-0.2, 0) is 0 Å². The number of alkyl halides is 2. The lowest BCUT2D eigenvalue weighted by atomic mass is 10.6. The van der Waals surface area contributed by atoms with Gasteiger partial charge in [-0.3, -0.25) is 0 Å². The van der Waals surface area contributed by atoms with E-state index in [1.165, 1.54) is 0 Å². The topological polar surface area (TPSA) is 0 Å². The van der Waals surface area contributed by atoms with E-state index in [1.54, 1.807) is 0 Å². The van der Waals surface area contributed by atoms with Crippen molar-refractivity contribution in [3.05, 3.63) is 4.84 Å². The van der Waals surface area contributed by atoms with Crippen molar-refractivity contribution in [3.63, 3.8) is 0 Å². The molecule has 0 saturated carbocycles. The Kier molecular flexibility index (Phi) is 4.76. The summed E-state index contributed by atoms with van der Waals surface area (Å²) >= 11 is 20.9. The van der Waals surface area contributed by atoms with E-state index >= 15 is 0 Å². The molecule has 0 atom stereocenters. The molecule has 0 unspecified atom stereocenters. The van der Waals surface area contributed by atoms with Gasteiger partial charge in [-0.1, -0.05) is 23.2 Å². The zero-order valence-corrected chi connectivity index (χ0v) is 6.32. The van der Waals surface area contributed by atoms with E-state index in [2.05, 4.69) is 0 Å². The van der Waals surface area contributed by atoms with Gasteiger partial charge in [0.15, 0.2) is 4.84 Å². The maximum Gasteiger partial charge on any atom is 0.153 e. The molecular formula is C3H3Cl4. The molecule has 0 saturated heterocycles. The SMILES string of the molecule is Cl[C](Cl)CC(Cl)Cl. The molecule has 4 heteroatoms. The van der Waals surface area contributed by atoms with Gasteiger partial charge < -0.3 is 0 Å². The maximum absolute atomic E-state index is 5.25. The van der Waals surface area contributed by atoms with Crippen molar-refractivity contribution in [1.29, 1.82) is 0 Å². The van der Waals surface area contributed by atoms with E-state index in [0.717, 1.165) is 0 Å².